The van der Waals surface area contributed by atoms with Crippen LogP contribution in [0.1, 0.15) is 52.9 Å². The maximum Gasteiger partial charge on any atom is 0.257 e. The number of hydrogen-bond acceptors (Lipinski definition) is 3. The van der Waals surface area contributed by atoms with E-state index >= 15 is 0 Å². The van der Waals surface area contributed by atoms with Crippen molar-refractivity contribution >= 4 is 23.2 Å². The fourth-order valence-corrected chi connectivity index (χ4v) is 5.15. The first-order valence-corrected chi connectivity index (χ1v) is 12.5. The third-order valence-corrected chi connectivity index (χ3v) is 7.11. The molecule has 34 heavy (non-hydrogen) atoms. The monoisotopic (exact) mass is 482 g/mol. The van der Waals surface area contributed by atoms with Gasteiger partial charge in [-0.2, -0.15) is 0 Å². The van der Waals surface area contributed by atoms with Gasteiger partial charge in [0.15, 0.2) is 0 Å². The van der Waals surface area contributed by atoms with Gasteiger partial charge in [-0.1, -0.05) is 49.6 Å². The van der Waals surface area contributed by atoms with Crippen LogP contribution in [0.15, 0.2) is 66.0 Å². The van der Waals surface area contributed by atoms with E-state index in [-0.39, 0.29) is 29.9 Å². The van der Waals surface area contributed by atoms with Gasteiger partial charge in [-0.3, -0.25) is 9.59 Å². The van der Waals surface area contributed by atoms with Crippen LogP contribution >= 0.6 is 11.3 Å². The number of carbonyl (C=O) groups excluding carboxylic acids is 2. The van der Waals surface area contributed by atoms with E-state index < -0.39 is 11.7 Å². The molecular weight excluding hydrogens is 454 g/mol. The Morgan fingerprint density at radius 3 is 2.29 bits per heavy atom. The maximum atomic E-state index is 14.5. The normalized spacial score (nSPS) is 14.1. The smallest absolute Gasteiger partial charge is 0.257 e. The second kappa shape index (κ2) is 11.4. The summed E-state index contributed by atoms with van der Waals surface area (Å²) in [6.07, 6.45) is 4.66. The molecule has 0 bridgehead atoms. The Balaban J connectivity index is 1.58. The van der Waals surface area contributed by atoms with Crippen LogP contribution in [0, 0.1) is 11.6 Å². The minimum absolute atomic E-state index is 0.00999. The highest BCUT2D eigenvalue weighted by molar-refractivity contribution is 7.09. The zero-order chi connectivity index (χ0) is 23.9. The molecule has 4 rings (SSSR count). The summed E-state index contributed by atoms with van der Waals surface area (Å²) in [4.78, 5) is 31.3. The standard InChI is InChI=1S/C27H28F2N2O2S/c28-21-14-12-20(13-15-21)17-30(18-23-9-6-16-34-23)26(32)19-31(22-7-2-1-3-8-22)27(33)24-10-4-5-11-25(24)29/h4-6,9-16,22H,1-3,7-8,17-19H2. The topological polar surface area (TPSA) is 40.6 Å². The molecule has 1 saturated carbocycles. The Kier molecular flexibility index (Phi) is 8.06. The number of carbonyl (C=O) groups is 2. The number of nitrogens with zero attached hydrogens (tertiary/aromatic N) is 2. The average Bonchev–Trinajstić information content (AvgIpc) is 3.37. The molecule has 1 aliphatic carbocycles. The lowest BCUT2D eigenvalue weighted by Crippen LogP contribution is -2.48. The Morgan fingerprint density at radius 2 is 1.62 bits per heavy atom. The molecule has 7 heteroatoms. The fraction of sp³-hybridized carbons (Fsp3) is 0.333. The van der Waals surface area contributed by atoms with E-state index in [0.29, 0.717) is 13.1 Å². The van der Waals surface area contributed by atoms with Crippen LogP contribution in [-0.2, 0) is 17.9 Å². The van der Waals surface area contributed by atoms with E-state index in [1.54, 1.807) is 45.4 Å². The van der Waals surface area contributed by atoms with Crippen LogP contribution in [0.25, 0.3) is 0 Å². The van der Waals surface area contributed by atoms with Crippen molar-refractivity contribution in [3.63, 3.8) is 0 Å². The molecule has 0 aliphatic heterocycles. The van der Waals surface area contributed by atoms with Crippen LogP contribution in [0.3, 0.4) is 0 Å². The molecule has 0 saturated heterocycles. The van der Waals surface area contributed by atoms with Gasteiger partial charge in [-0.25, -0.2) is 8.78 Å². The summed E-state index contributed by atoms with van der Waals surface area (Å²) in [5.41, 5.74) is 0.792. The number of benzene rings is 2. The Morgan fingerprint density at radius 1 is 0.882 bits per heavy atom. The van der Waals surface area contributed by atoms with E-state index in [4.69, 9.17) is 0 Å². The van der Waals surface area contributed by atoms with Crippen molar-refractivity contribution in [3.05, 3.63) is 93.7 Å². The molecule has 0 unspecified atom stereocenters. The molecule has 0 spiro atoms. The third-order valence-electron chi connectivity index (χ3n) is 6.25. The molecule has 2 amide bonds. The lowest BCUT2D eigenvalue weighted by Gasteiger charge is -2.35. The number of rotatable bonds is 8. The molecule has 1 heterocycles. The largest absolute Gasteiger partial charge is 0.332 e. The van der Waals surface area contributed by atoms with E-state index in [1.165, 1.54) is 24.3 Å². The third kappa shape index (κ3) is 6.08. The first-order chi connectivity index (χ1) is 16.5. The number of amides is 2. The first-order valence-electron chi connectivity index (χ1n) is 11.6. The van der Waals surface area contributed by atoms with Crippen molar-refractivity contribution in [2.24, 2.45) is 0 Å². The molecule has 1 fully saturated rings. The molecule has 2 aromatic carbocycles. The van der Waals surface area contributed by atoms with Crippen molar-refractivity contribution < 1.29 is 18.4 Å². The van der Waals surface area contributed by atoms with E-state index in [9.17, 15) is 18.4 Å². The highest BCUT2D eigenvalue weighted by Crippen LogP contribution is 2.25. The summed E-state index contributed by atoms with van der Waals surface area (Å²) in [6, 6.07) is 15.8. The maximum absolute atomic E-state index is 14.5. The zero-order valence-corrected chi connectivity index (χ0v) is 19.8. The molecule has 4 nitrogen and oxygen atoms in total. The second-order valence-electron chi connectivity index (χ2n) is 8.66. The predicted octanol–water partition coefficient (Wildman–Crippen LogP) is 6.03. The van der Waals surface area contributed by atoms with Gasteiger partial charge in [0, 0.05) is 17.5 Å². The minimum atomic E-state index is -0.581. The van der Waals surface area contributed by atoms with Crippen molar-refractivity contribution in [2.45, 2.75) is 51.2 Å². The van der Waals surface area contributed by atoms with Crippen LogP contribution in [0.4, 0.5) is 8.78 Å². The summed E-state index contributed by atoms with van der Waals surface area (Å²) in [5, 5.41) is 1.95. The van der Waals surface area contributed by atoms with Gasteiger partial charge in [0.2, 0.25) is 5.91 Å². The molecular formula is C27H28F2N2O2S. The Hall–Kier alpha value is -3.06. The van der Waals surface area contributed by atoms with Crippen LogP contribution < -0.4 is 0 Å². The summed E-state index contributed by atoms with van der Waals surface area (Å²) in [5.74, 6) is -1.58. The summed E-state index contributed by atoms with van der Waals surface area (Å²) in [7, 11) is 0. The second-order valence-corrected chi connectivity index (χ2v) is 9.69. The van der Waals surface area contributed by atoms with Gasteiger partial charge in [0.1, 0.15) is 18.2 Å². The van der Waals surface area contributed by atoms with Gasteiger partial charge in [0.05, 0.1) is 12.1 Å². The van der Waals surface area contributed by atoms with Crippen molar-refractivity contribution in [1.29, 1.82) is 0 Å². The fourth-order valence-electron chi connectivity index (χ4n) is 4.43. The highest BCUT2D eigenvalue weighted by Gasteiger charge is 2.31. The van der Waals surface area contributed by atoms with Crippen molar-refractivity contribution in [1.82, 2.24) is 9.80 Å². The SMILES string of the molecule is O=C(CN(C(=O)c1ccccc1F)C1CCCCC1)N(Cc1ccc(F)cc1)Cc1cccs1. The lowest BCUT2D eigenvalue weighted by molar-refractivity contribution is -0.133. The highest BCUT2D eigenvalue weighted by atomic mass is 32.1. The van der Waals surface area contributed by atoms with E-state index in [1.807, 2.05) is 17.5 Å². The summed E-state index contributed by atoms with van der Waals surface area (Å²) in [6.45, 7) is 0.564. The lowest BCUT2D eigenvalue weighted by atomic mass is 9.93. The van der Waals surface area contributed by atoms with Crippen LogP contribution in [0.5, 0.6) is 0 Å². The van der Waals surface area contributed by atoms with Gasteiger partial charge in [-0.15, -0.1) is 11.3 Å². The van der Waals surface area contributed by atoms with Crippen LogP contribution in [0.2, 0.25) is 0 Å². The van der Waals surface area contributed by atoms with Crippen molar-refractivity contribution in [3.8, 4) is 0 Å². The Labute approximate surface area is 202 Å². The number of thiophene rings is 1. The van der Waals surface area contributed by atoms with Crippen molar-refractivity contribution in [2.75, 3.05) is 6.54 Å². The molecule has 3 aromatic rings. The molecule has 178 valence electrons. The summed E-state index contributed by atoms with van der Waals surface area (Å²) < 4.78 is 27.9. The van der Waals surface area contributed by atoms with Gasteiger partial charge in [0.25, 0.3) is 5.91 Å². The zero-order valence-electron chi connectivity index (χ0n) is 19.0. The average molecular weight is 483 g/mol. The number of halogens is 2. The Bertz CT molecular complexity index is 1100. The first kappa shape index (κ1) is 24.1. The molecule has 0 N–H and O–H groups in total. The quantitative estimate of drug-likeness (QED) is 0.393. The molecule has 0 atom stereocenters. The molecule has 0 radical (unpaired) electrons. The summed E-state index contributed by atoms with van der Waals surface area (Å²) >= 11 is 1.55. The molecule has 1 aliphatic rings. The van der Waals surface area contributed by atoms with Gasteiger partial charge in [-0.05, 0) is 54.1 Å². The number of hydrogen-bond donors (Lipinski definition) is 0. The minimum Gasteiger partial charge on any atom is -0.332 e. The van der Waals surface area contributed by atoms with Crippen LogP contribution in [-0.4, -0.2) is 34.2 Å². The predicted molar refractivity (Wildman–Crippen MR) is 129 cm³/mol. The van der Waals surface area contributed by atoms with E-state index in [2.05, 4.69) is 0 Å². The van der Waals surface area contributed by atoms with Gasteiger partial charge >= 0.3 is 0 Å². The van der Waals surface area contributed by atoms with E-state index in [0.717, 1.165) is 42.5 Å². The van der Waals surface area contributed by atoms with Gasteiger partial charge < -0.3 is 9.80 Å². The molecule has 1 aromatic heterocycles.